The molecule has 1 atom stereocenters. The highest BCUT2D eigenvalue weighted by Gasteiger charge is 2.24. The molecule has 0 spiro atoms. The van der Waals surface area contributed by atoms with Crippen LogP contribution in [0.25, 0.3) is 0 Å². The van der Waals surface area contributed by atoms with Crippen LogP contribution in [0.5, 0.6) is 0 Å². The monoisotopic (exact) mass is 347 g/mol. The number of hydrogen-bond acceptors (Lipinski definition) is 3. The number of rotatable bonds is 5. The lowest BCUT2D eigenvalue weighted by Crippen LogP contribution is -2.36. The summed E-state index contributed by atoms with van der Waals surface area (Å²) in [7, 11) is 0. The Kier molecular flexibility index (Phi) is 5.43. The summed E-state index contributed by atoms with van der Waals surface area (Å²) in [5, 5.41) is 3.58. The van der Waals surface area contributed by atoms with Gasteiger partial charge in [0, 0.05) is 17.8 Å². The summed E-state index contributed by atoms with van der Waals surface area (Å²) in [6.45, 7) is 2.46. The molecule has 4 nitrogen and oxygen atoms in total. The Hall–Kier alpha value is -1.98. The molecule has 0 saturated carbocycles. The number of carbonyl (C=O) groups is 1. The van der Waals surface area contributed by atoms with Crippen molar-refractivity contribution in [2.45, 2.75) is 18.9 Å². The number of carbonyl (C=O) groups excluding carboxylic acids is 1. The molecule has 2 aromatic rings. The lowest BCUT2D eigenvalue weighted by atomic mass is 10.1. The zero-order valence-corrected chi connectivity index (χ0v) is 14.0. The number of nitrogens with zero attached hydrogens (tertiary/aromatic N) is 2. The van der Waals surface area contributed by atoms with Crippen LogP contribution >= 0.6 is 11.6 Å². The average Bonchev–Trinajstić information content (AvgIpc) is 3.11. The molecular formula is C18H19ClFN3O. The van der Waals surface area contributed by atoms with E-state index in [1.165, 1.54) is 12.3 Å². The van der Waals surface area contributed by atoms with E-state index in [4.69, 9.17) is 11.6 Å². The van der Waals surface area contributed by atoms with Crippen molar-refractivity contribution in [3.63, 3.8) is 0 Å². The molecule has 2 heterocycles. The van der Waals surface area contributed by atoms with Crippen molar-refractivity contribution in [2.75, 3.05) is 19.6 Å². The molecule has 126 valence electrons. The molecule has 1 saturated heterocycles. The van der Waals surface area contributed by atoms with Crippen LogP contribution in [0.15, 0.2) is 42.7 Å². The van der Waals surface area contributed by atoms with Gasteiger partial charge in [0.15, 0.2) is 0 Å². The van der Waals surface area contributed by atoms with Crippen molar-refractivity contribution in [3.05, 3.63) is 64.7 Å². The van der Waals surface area contributed by atoms with E-state index in [9.17, 15) is 9.18 Å². The van der Waals surface area contributed by atoms with Gasteiger partial charge in [0.05, 0.1) is 17.8 Å². The van der Waals surface area contributed by atoms with Gasteiger partial charge in [-0.1, -0.05) is 23.7 Å². The number of likely N-dealkylation sites (tertiary alicyclic amines) is 1. The van der Waals surface area contributed by atoms with E-state index < -0.39 is 5.82 Å². The van der Waals surface area contributed by atoms with Crippen molar-refractivity contribution in [3.8, 4) is 0 Å². The molecule has 1 N–H and O–H groups in total. The van der Waals surface area contributed by atoms with E-state index in [2.05, 4.69) is 15.2 Å². The van der Waals surface area contributed by atoms with Crippen LogP contribution in [-0.2, 0) is 0 Å². The molecule has 1 unspecified atom stereocenters. The highest BCUT2D eigenvalue weighted by atomic mass is 35.5. The number of halogens is 2. The number of pyridine rings is 1. The standard InChI is InChI=1S/C18H19ClFN3O/c19-15-5-3-13(4-6-15)17(23-7-1-2-8-23)12-22-18(24)14-9-16(20)11-21-10-14/h3-6,9-11,17H,1-2,7-8,12H2,(H,22,24). The fourth-order valence-electron chi connectivity index (χ4n) is 3.02. The summed E-state index contributed by atoms with van der Waals surface area (Å²) in [5.41, 5.74) is 1.34. The lowest BCUT2D eigenvalue weighted by Gasteiger charge is -2.28. The minimum atomic E-state index is -0.517. The molecule has 0 bridgehead atoms. The van der Waals surface area contributed by atoms with Gasteiger partial charge in [0.25, 0.3) is 5.91 Å². The molecule has 1 amide bonds. The van der Waals surface area contributed by atoms with Gasteiger partial charge in [-0.25, -0.2) is 4.39 Å². The third-order valence-electron chi connectivity index (χ3n) is 4.26. The Bertz CT molecular complexity index is 702. The zero-order chi connectivity index (χ0) is 16.9. The van der Waals surface area contributed by atoms with Crippen LogP contribution in [0.1, 0.15) is 34.8 Å². The summed E-state index contributed by atoms with van der Waals surface area (Å²) in [6, 6.07) is 8.96. The highest BCUT2D eigenvalue weighted by Crippen LogP contribution is 2.25. The second kappa shape index (κ2) is 7.73. The molecular weight excluding hydrogens is 329 g/mol. The smallest absolute Gasteiger partial charge is 0.253 e. The Balaban J connectivity index is 1.72. The number of nitrogens with one attached hydrogen (secondary N) is 1. The van der Waals surface area contributed by atoms with Crippen molar-refractivity contribution in [2.24, 2.45) is 0 Å². The summed E-state index contributed by atoms with van der Waals surface area (Å²) < 4.78 is 13.2. The van der Waals surface area contributed by atoms with Crippen LogP contribution in [0, 0.1) is 5.82 Å². The minimum Gasteiger partial charge on any atom is -0.350 e. The first-order valence-electron chi connectivity index (χ1n) is 8.02. The Morgan fingerprint density at radius 3 is 2.62 bits per heavy atom. The third kappa shape index (κ3) is 4.10. The first kappa shape index (κ1) is 16.9. The van der Waals surface area contributed by atoms with Gasteiger partial charge in [-0.05, 0) is 49.7 Å². The predicted octanol–water partition coefficient (Wildman–Crippen LogP) is 3.44. The number of aromatic nitrogens is 1. The first-order chi connectivity index (χ1) is 11.6. The van der Waals surface area contributed by atoms with E-state index in [1.807, 2.05) is 24.3 Å². The molecule has 3 rings (SSSR count). The highest BCUT2D eigenvalue weighted by molar-refractivity contribution is 6.30. The van der Waals surface area contributed by atoms with Gasteiger partial charge >= 0.3 is 0 Å². The second-order valence-electron chi connectivity index (χ2n) is 5.91. The van der Waals surface area contributed by atoms with Gasteiger partial charge in [-0.15, -0.1) is 0 Å². The molecule has 1 fully saturated rings. The van der Waals surface area contributed by atoms with E-state index in [1.54, 1.807) is 0 Å². The lowest BCUT2D eigenvalue weighted by molar-refractivity contribution is 0.0937. The van der Waals surface area contributed by atoms with Crippen LogP contribution in [0.4, 0.5) is 4.39 Å². The van der Waals surface area contributed by atoms with E-state index in [0.29, 0.717) is 11.6 Å². The number of benzene rings is 1. The van der Waals surface area contributed by atoms with Crippen molar-refractivity contribution < 1.29 is 9.18 Å². The maximum atomic E-state index is 13.2. The quantitative estimate of drug-likeness (QED) is 0.901. The maximum Gasteiger partial charge on any atom is 0.253 e. The fraction of sp³-hybridized carbons (Fsp3) is 0.333. The van der Waals surface area contributed by atoms with Gasteiger partial charge in [-0.3, -0.25) is 14.7 Å². The molecule has 6 heteroatoms. The first-order valence-corrected chi connectivity index (χ1v) is 8.39. The molecule has 1 aromatic heterocycles. The normalized spacial score (nSPS) is 16.1. The summed E-state index contributed by atoms with van der Waals surface area (Å²) in [6.07, 6.45) is 4.76. The van der Waals surface area contributed by atoms with Gasteiger partial charge < -0.3 is 5.32 Å². The minimum absolute atomic E-state index is 0.0789. The molecule has 1 aliphatic heterocycles. The van der Waals surface area contributed by atoms with Gasteiger partial charge in [-0.2, -0.15) is 0 Å². The van der Waals surface area contributed by atoms with Crippen molar-refractivity contribution in [1.29, 1.82) is 0 Å². The molecule has 0 radical (unpaired) electrons. The van der Waals surface area contributed by atoms with Crippen LogP contribution in [-0.4, -0.2) is 35.4 Å². The number of amides is 1. The van der Waals surface area contributed by atoms with E-state index >= 15 is 0 Å². The summed E-state index contributed by atoms with van der Waals surface area (Å²) in [5.74, 6) is -0.836. The topological polar surface area (TPSA) is 45.2 Å². The van der Waals surface area contributed by atoms with Crippen LogP contribution in [0.2, 0.25) is 5.02 Å². The molecule has 0 aliphatic carbocycles. The Labute approximate surface area is 145 Å². The molecule has 1 aliphatic rings. The number of hydrogen-bond donors (Lipinski definition) is 1. The molecule has 1 aromatic carbocycles. The van der Waals surface area contributed by atoms with Crippen LogP contribution in [0.3, 0.4) is 0 Å². The largest absolute Gasteiger partial charge is 0.350 e. The van der Waals surface area contributed by atoms with Crippen molar-refractivity contribution in [1.82, 2.24) is 15.2 Å². The summed E-state index contributed by atoms with van der Waals surface area (Å²) >= 11 is 5.97. The van der Waals surface area contributed by atoms with Gasteiger partial charge in [0.1, 0.15) is 5.82 Å². The Morgan fingerprint density at radius 1 is 1.25 bits per heavy atom. The predicted molar refractivity (Wildman–Crippen MR) is 91.5 cm³/mol. The third-order valence-corrected chi connectivity index (χ3v) is 4.51. The van der Waals surface area contributed by atoms with E-state index in [0.717, 1.165) is 37.7 Å². The average molecular weight is 348 g/mol. The van der Waals surface area contributed by atoms with Crippen LogP contribution < -0.4 is 5.32 Å². The SMILES string of the molecule is O=C(NCC(c1ccc(Cl)cc1)N1CCCC1)c1cncc(F)c1. The molecule has 24 heavy (non-hydrogen) atoms. The Morgan fingerprint density at radius 2 is 1.96 bits per heavy atom. The second-order valence-corrected chi connectivity index (χ2v) is 6.35. The van der Waals surface area contributed by atoms with Crippen molar-refractivity contribution >= 4 is 17.5 Å². The fourth-order valence-corrected chi connectivity index (χ4v) is 3.15. The maximum absolute atomic E-state index is 13.2. The summed E-state index contributed by atoms with van der Waals surface area (Å²) in [4.78, 5) is 18.3. The van der Waals surface area contributed by atoms with Gasteiger partial charge in [0.2, 0.25) is 0 Å². The zero-order valence-electron chi connectivity index (χ0n) is 13.2. The van der Waals surface area contributed by atoms with E-state index in [-0.39, 0.29) is 17.5 Å².